The maximum Gasteiger partial charge on any atom is 0.319 e. The summed E-state index contributed by atoms with van der Waals surface area (Å²) in [4.78, 5) is 14.4. The second-order valence-electron chi connectivity index (χ2n) is 6.66. The summed E-state index contributed by atoms with van der Waals surface area (Å²) >= 11 is 0. The zero-order valence-electron chi connectivity index (χ0n) is 16.2. The Bertz CT molecular complexity index is 894. The summed E-state index contributed by atoms with van der Waals surface area (Å²) in [5, 5.41) is 17.2. The lowest BCUT2D eigenvalue weighted by molar-refractivity contribution is 0.250. The van der Waals surface area contributed by atoms with Crippen molar-refractivity contribution in [1.82, 2.24) is 30.4 Å². The largest absolute Gasteiger partial charge is 0.338 e. The van der Waals surface area contributed by atoms with Gasteiger partial charge in [0.2, 0.25) is 0 Å². The monoisotopic (exact) mass is 379 g/mol. The van der Waals surface area contributed by atoms with Crippen molar-refractivity contribution in [3.63, 3.8) is 0 Å². The van der Waals surface area contributed by atoms with Crippen molar-refractivity contribution in [3.8, 4) is 11.4 Å². The summed E-state index contributed by atoms with van der Waals surface area (Å²) in [6, 6.07) is 17.6. The number of anilines is 1. The molecule has 0 aliphatic heterocycles. The van der Waals surface area contributed by atoms with Crippen LogP contribution in [0.1, 0.15) is 12.0 Å². The number of benzene rings is 2. The van der Waals surface area contributed by atoms with Crippen LogP contribution in [-0.4, -0.2) is 51.3 Å². The molecule has 1 heterocycles. The van der Waals surface area contributed by atoms with Gasteiger partial charge in [-0.15, -0.1) is 5.10 Å². The van der Waals surface area contributed by atoms with Gasteiger partial charge in [-0.05, 0) is 48.1 Å². The summed E-state index contributed by atoms with van der Waals surface area (Å²) in [5.74, 6) is 0.644. The number of nitrogens with one attached hydrogen (secondary N) is 2. The number of hydrogen-bond donors (Lipinski definition) is 2. The van der Waals surface area contributed by atoms with E-state index in [2.05, 4.69) is 50.2 Å². The van der Waals surface area contributed by atoms with Crippen LogP contribution in [0.15, 0.2) is 54.6 Å². The molecular formula is C20H25N7O. The summed E-state index contributed by atoms with van der Waals surface area (Å²) < 4.78 is 1.59. The predicted molar refractivity (Wildman–Crippen MR) is 109 cm³/mol. The van der Waals surface area contributed by atoms with Crippen LogP contribution < -0.4 is 10.6 Å². The highest BCUT2D eigenvalue weighted by molar-refractivity contribution is 5.89. The van der Waals surface area contributed by atoms with Crippen molar-refractivity contribution >= 4 is 11.7 Å². The summed E-state index contributed by atoms with van der Waals surface area (Å²) in [7, 11) is 3.86. The summed E-state index contributed by atoms with van der Waals surface area (Å²) in [5.41, 5.74) is 2.82. The molecule has 2 N–H and O–H groups in total. The molecule has 0 aliphatic carbocycles. The first-order valence-corrected chi connectivity index (χ1v) is 9.22. The highest BCUT2D eigenvalue weighted by Crippen LogP contribution is 2.19. The van der Waals surface area contributed by atoms with Crippen molar-refractivity contribution in [2.24, 2.45) is 7.05 Å². The fourth-order valence-electron chi connectivity index (χ4n) is 2.91. The number of nitrogens with zero attached hydrogens (tertiary/aromatic N) is 5. The molecule has 3 rings (SSSR count). The second kappa shape index (κ2) is 9.61. The number of urea groups is 1. The van der Waals surface area contributed by atoms with E-state index >= 15 is 0 Å². The van der Waals surface area contributed by atoms with Gasteiger partial charge in [0.1, 0.15) is 0 Å². The third kappa shape index (κ3) is 5.62. The quantitative estimate of drug-likeness (QED) is 0.587. The minimum absolute atomic E-state index is 0.223. The first-order valence-electron chi connectivity index (χ1n) is 9.22. The van der Waals surface area contributed by atoms with Gasteiger partial charge in [0.15, 0.2) is 5.82 Å². The molecular weight excluding hydrogens is 354 g/mol. The van der Waals surface area contributed by atoms with Crippen LogP contribution in [0.5, 0.6) is 0 Å². The molecule has 0 spiro atoms. The van der Waals surface area contributed by atoms with Gasteiger partial charge in [0.05, 0.1) is 0 Å². The number of tetrazole rings is 1. The lowest BCUT2D eigenvalue weighted by Gasteiger charge is -2.16. The Morgan fingerprint density at radius 1 is 1.14 bits per heavy atom. The molecule has 2 amide bonds. The van der Waals surface area contributed by atoms with Crippen LogP contribution in [-0.2, 0) is 13.6 Å². The first-order chi connectivity index (χ1) is 13.6. The minimum atomic E-state index is -0.223. The SMILES string of the molecule is CN(CCCNC(=O)Nc1cccc(-c2nnnn2C)c1)Cc1ccccc1. The molecule has 28 heavy (non-hydrogen) atoms. The molecule has 0 saturated heterocycles. The molecule has 0 fully saturated rings. The van der Waals surface area contributed by atoms with E-state index in [0.29, 0.717) is 18.1 Å². The smallest absolute Gasteiger partial charge is 0.319 e. The second-order valence-corrected chi connectivity index (χ2v) is 6.66. The Labute approximate surface area is 164 Å². The van der Waals surface area contributed by atoms with Crippen LogP contribution in [0.4, 0.5) is 10.5 Å². The van der Waals surface area contributed by atoms with Gasteiger partial charge >= 0.3 is 6.03 Å². The van der Waals surface area contributed by atoms with Crippen molar-refractivity contribution in [3.05, 3.63) is 60.2 Å². The maximum absolute atomic E-state index is 12.1. The number of rotatable bonds is 8. The van der Waals surface area contributed by atoms with Crippen LogP contribution >= 0.6 is 0 Å². The molecule has 8 nitrogen and oxygen atoms in total. The maximum atomic E-state index is 12.1. The lowest BCUT2D eigenvalue weighted by atomic mass is 10.2. The van der Waals surface area contributed by atoms with Crippen LogP contribution in [0.25, 0.3) is 11.4 Å². The van der Waals surface area contributed by atoms with Gasteiger partial charge < -0.3 is 15.5 Å². The third-order valence-electron chi connectivity index (χ3n) is 4.30. The van der Waals surface area contributed by atoms with E-state index < -0.39 is 0 Å². The van der Waals surface area contributed by atoms with E-state index in [-0.39, 0.29) is 6.03 Å². The van der Waals surface area contributed by atoms with Crippen molar-refractivity contribution in [2.75, 3.05) is 25.5 Å². The number of carbonyl (C=O) groups is 1. The zero-order chi connectivity index (χ0) is 19.8. The Morgan fingerprint density at radius 3 is 2.71 bits per heavy atom. The Kier molecular flexibility index (Phi) is 6.69. The van der Waals surface area contributed by atoms with Gasteiger partial charge in [-0.25, -0.2) is 9.48 Å². The third-order valence-corrected chi connectivity index (χ3v) is 4.30. The molecule has 146 valence electrons. The highest BCUT2D eigenvalue weighted by atomic mass is 16.2. The average molecular weight is 379 g/mol. The van der Waals surface area contributed by atoms with Crippen LogP contribution in [0, 0.1) is 0 Å². The van der Waals surface area contributed by atoms with Crippen molar-refractivity contribution < 1.29 is 4.79 Å². The number of hydrogen-bond acceptors (Lipinski definition) is 5. The molecule has 0 aliphatic rings. The van der Waals surface area contributed by atoms with Crippen LogP contribution in [0.2, 0.25) is 0 Å². The van der Waals surface area contributed by atoms with Gasteiger partial charge in [0.25, 0.3) is 0 Å². The lowest BCUT2D eigenvalue weighted by Crippen LogP contribution is -2.31. The number of carbonyl (C=O) groups excluding carboxylic acids is 1. The molecule has 8 heteroatoms. The first kappa shape index (κ1) is 19.5. The van der Waals surface area contributed by atoms with E-state index in [4.69, 9.17) is 0 Å². The highest BCUT2D eigenvalue weighted by Gasteiger charge is 2.08. The summed E-state index contributed by atoms with van der Waals surface area (Å²) in [6.07, 6.45) is 0.876. The summed E-state index contributed by atoms with van der Waals surface area (Å²) in [6.45, 7) is 2.42. The Balaban J connectivity index is 1.40. The molecule has 1 aromatic heterocycles. The molecule has 0 atom stereocenters. The predicted octanol–water partition coefficient (Wildman–Crippen LogP) is 2.52. The normalized spacial score (nSPS) is 10.8. The number of amides is 2. The fraction of sp³-hybridized carbons (Fsp3) is 0.300. The van der Waals surface area contributed by atoms with Crippen molar-refractivity contribution in [2.45, 2.75) is 13.0 Å². The molecule has 0 bridgehead atoms. The molecule has 0 saturated carbocycles. The standard InChI is InChI=1S/C20H25N7O/c1-26(15-16-8-4-3-5-9-16)13-7-12-21-20(28)22-18-11-6-10-17(14-18)19-23-24-25-27(19)2/h3-6,8-11,14H,7,12-13,15H2,1-2H3,(H2,21,22,28). The van der Waals surface area contributed by atoms with E-state index in [1.807, 2.05) is 42.5 Å². The van der Waals surface area contributed by atoms with Gasteiger partial charge in [-0.2, -0.15) is 0 Å². The fourth-order valence-corrected chi connectivity index (χ4v) is 2.91. The van der Waals surface area contributed by atoms with E-state index in [1.165, 1.54) is 5.56 Å². The Hall–Kier alpha value is -3.26. The zero-order valence-corrected chi connectivity index (χ0v) is 16.2. The van der Waals surface area contributed by atoms with Gasteiger partial charge in [0, 0.05) is 31.4 Å². The number of aryl methyl sites for hydroxylation is 1. The van der Waals surface area contributed by atoms with Gasteiger partial charge in [-0.3, -0.25) is 0 Å². The van der Waals surface area contributed by atoms with E-state index in [0.717, 1.165) is 25.1 Å². The van der Waals surface area contributed by atoms with E-state index in [1.54, 1.807) is 11.7 Å². The van der Waals surface area contributed by atoms with Crippen molar-refractivity contribution in [1.29, 1.82) is 0 Å². The van der Waals surface area contributed by atoms with Gasteiger partial charge in [-0.1, -0.05) is 42.5 Å². The average Bonchev–Trinajstić information content (AvgIpc) is 3.12. The molecule has 3 aromatic rings. The number of aromatic nitrogens is 4. The van der Waals surface area contributed by atoms with E-state index in [9.17, 15) is 4.79 Å². The topological polar surface area (TPSA) is 88.0 Å². The van der Waals surface area contributed by atoms with Crippen LogP contribution in [0.3, 0.4) is 0 Å². The molecule has 0 unspecified atom stereocenters. The molecule has 0 radical (unpaired) electrons. The Morgan fingerprint density at radius 2 is 1.96 bits per heavy atom. The minimum Gasteiger partial charge on any atom is -0.338 e. The molecule has 2 aromatic carbocycles.